The van der Waals surface area contributed by atoms with Crippen LogP contribution in [0.3, 0.4) is 0 Å². The number of nitrogens with zero attached hydrogens (tertiary/aromatic N) is 3. The first kappa shape index (κ1) is 21.2. The normalized spacial score (nSPS) is 24.4. The summed E-state index contributed by atoms with van der Waals surface area (Å²) in [5.41, 5.74) is 1.76. The van der Waals surface area contributed by atoms with Crippen LogP contribution in [-0.4, -0.2) is 53.9 Å². The third-order valence-corrected chi connectivity index (χ3v) is 6.94. The van der Waals surface area contributed by atoms with Crippen molar-refractivity contribution in [1.29, 1.82) is 0 Å². The van der Waals surface area contributed by atoms with Gasteiger partial charge in [-0.25, -0.2) is 4.52 Å². The third kappa shape index (κ3) is 4.82. The van der Waals surface area contributed by atoms with Crippen LogP contribution in [0.1, 0.15) is 57.2 Å². The minimum absolute atomic E-state index is 0.175. The van der Waals surface area contributed by atoms with Gasteiger partial charge in [-0.05, 0) is 49.4 Å². The van der Waals surface area contributed by atoms with Gasteiger partial charge >= 0.3 is 7.94 Å². The highest BCUT2D eigenvalue weighted by Gasteiger charge is 2.41. The van der Waals surface area contributed by atoms with E-state index < -0.39 is 13.8 Å². The number of ether oxygens (including phenoxy) is 2. The molecule has 0 radical (unpaired) electrons. The number of anilines is 1. The number of hydrogen-bond donors (Lipinski definition) is 4. The molecule has 0 aromatic carbocycles. The van der Waals surface area contributed by atoms with Crippen LogP contribution < -0.4 is 5.32 Å². The lowest BCUT2D eigenvalue weighted by Crippen LogP contribution is -2.21. The fourth-order valence-electron chi connectivity index (χ4n) is 4.00. The lowest BCUT2D eigenvalue weighted by atomic mass is 10.1. The van der Waals surface area contributed by atoms with Crippen LogP contribution in [0.5, 0.6) is 0 Å². The van der Waals surface area contributed by atoms with E-state index in [1.165, 1.54) is 19.8 Å². The molecule has 3 atom stereocenters. The van der Waals surface area contributed by atoms with Crippen molar-refractivity contribution in [3.05, 3.63) is 23.1 Å². The third-order valence-electron chi connectivity index (χ3n) is 5.66. The number of fused-ring (bicyclic) bond motifs is 1. The molecule has 1 saturated carbocycles. The zero-order valence-electron chi connectivity index (χ0n) is 16.2. The van der Waals surface area contributed by atoms with Gasteiger partial charge in [-0.3, -0.25) is 0 Å². The lowest BCUT2D eigenvalue weighted by Gasteiger charge is -2.18. The van der Waals surface area contributed by atoms with Crippen molar-refractivity contribution in [2.45, 2.75) is 69.5 Å². The summed E-state index contributed by atoms with van der Waals surface area (Å²) >= 11 is 6.19. The molecule has 1 saturated heterocycles. The molecule has 1 aliphatic heterocycles. The second kappa shape index (κ2) is 8.59. The molecule has 3 heterocycles. The summed E-state index contributed by atoms with van der Waals surface area (Å²) in [6.45, 7) is 1.60. The maximum atomic E-state index is 9.26. The number of halogens is 1. The highest BCUT2D eigenvalue weighted by atomic mass is 35.5. The van der Waals surface area contributed by atoms with Crippen molar-refractivity contribution >= 4 is 30.9 Å². The minimum Gasteiger partial charge on any atom is -0.366 e. The Kier molecular flexibility index (Phi) is 6.27. The molecule has 2 aromatic rings. The molecule has 4 rings (SSSR count). The zero-order chi connectivity index (χ0) is 20.6. The standard InChI is InChI=1S/C18H27ClN4O5P/c1-11(29(24,25)26)27-10-13-6-9-16(28-13)14-7-8-15-17(20-12-4-2-3-5-12)21-18(19)22-23(14)15/h7-8,11-13,16,24-26H,2-6,9-10H2,1H3,(H,20,21,22)/q+1. The van der Waals surface area contributed by atoms with Gasteiger partial charge in [-0.2, -0.15) is 19.7 Å². The van der Waals surface area contributed by atoms with Gasteiger partial charge in [-0.15, -0.1) is 5.10 Å². The Morgan fingerprint density at radius 1 is 1.28 bits per heavy atom. The fourth-order valence-corrected chi connectivity index (χ4v) is 4.44. The molecule has 160 valence electrons. The van der Waals surface area contributed by atoms with E-state index >= 15 is 0 Å². The molecule has 2 aliphatic rings. The molecule has 11 heteroatoms. The predicted octanol–water partition coefficient (Wildman–Crippen LogP) is 3.06. The van der Waals surface area contributed by atoms with E-state index in [0.717, 1.165) is 42.7 Å². The Morgan fingerprint density at radius 2 is 2.03 bits per heavy atom. The Morgan fingerprint density at radius 3 is 2.76 bits per heavy atom. The van der Waals surface area contributed by atoms with Crippen LogP contribution in [0, 0.1) is 0 Å². The first-order chi connectivity index (χ1) is 13.8. The Hall–Kier alpha value is -1.06. The molecule has 1 aliphatic carbocycles. The van der Waals surface area contributed by atoms with Gasteiger partial charge in [0.2, 0.25) is 11.1 Å². The van der Waals surface area contributed by atoms with E-state index in [0.29, 0.717) is 6.04 Å². The highest BCUT2D eigenvalue weighted by molar-refractivity contribution is 7.59. The summed E-state index contributed by atoms with van der Waals surface area (Å²) < 4.78 is 13.2. The van der Waals surface area contributed by atoms with Crippen molar-refractivity contribution in [1.82, 2.24) is 14.6 Å². The molecule has 9 nitrogen and oxygen atoms in total. The Balaban J connectivity index is 1.46. The van der Waals surface area contributed by atoms with E-state index in [9.17, 15) is 14.7 Å². The number of rotatable bonds is 7. The van der Waals surface area contributed by atoms with Crippen LogP contribution in [0.15, 0.2) is 12.1 Å². The number of nitrogens with one attached hydrogen (secondary N) is 1. The molecule has 3 unspecified atom stereocenters. The Bertz CT molecular complexity index is 855. The van der Waals surface area contributed by atoms with Gasteiger partial charge in [0.25, 0.3) is 0 Å². The van der Waals surface area contributed by atoms with Gasteiger partial charge in [0.1, 0.15) is 11.6 Å². The summed E-state index contributed by atoms with van der Waals surface area (Å²) in [5, 5.41) is 8.05. The summed E-state index contributed by atoms with van der Waals surface area (Å²) in [6, 6.07) is 4.36. The van der Waals surface area contributed by atoms with Gasteiger partial charge in [0.15, 0.2) is 5.82 Å². The van der Waals surface area contributed by atoms with E-state index in [4.69, 9.17) is 21.1 Å². The molecule has 2 fully saturated rings. The molecule has 0 spiro atoms. The molecule has 0 amide bonds. The first-order valence-corrected chi connectivity index (χ1v) is 12.1. The molecule has 29 heavy (non-hydrogen) atoms. The monoisotopic (exact) mass is 445 g/mol. The van der Waals surface area contributed by atoms with E-state index in [1.54, 1.807) is 4.52 Å². The van der Waals surface area contributed by atoms with Crippen LogP contribution in [0.2, 0.25) is 5.28 Å². The van der Waals surface area contributed by atoms with Crippen LogP contribution >= 0.6 is 19.5 Å². The van der Waals surface area contributed by atoms with Crippen LogP contribution in [0.25, 0.3) is 5.52 Å². The van der Waals surface area contributed by atoms with Gasteiger partial charge in [0, 0.05) is 13.0 Å². The molecule has 0 bridgehead atoms. The van der Waals surface area contributed by atoms with Gasteiger partial charge in [-0.1, -0.05) is 12.8 Å². The Labute approximate surface area is 174 Å². The fraction of sp³-hybridized carbons (Fsp3) is 0.667. The van der Waals surface area contributed by atoms with Crippen molar-refractivity contribution in [3.8, 4) is 0 Å². The van der Waals surface area contributed by atoms with E-state index in [2.05, 4.69) is 15.4 Å². The molecular weight excluding hydrogens is 419 g/mol. The van der Waals surface area contributed by atoms with Gasteiger partial charge in [0.05, 0.1) is 18.4 Å². The summed E-state index contributed by atoms with van der Waals surface area (Å²) in [6.07, 6.45) is 5.87. The second-order valence-electron chi connectivity index (χ2n) is 7.78. The SMILES string of the molecule is CC(OCC1CCC(c2ccc3c(NC4CCCC4)nc(Cl)nn23)O1)[P+](O)(O)O. The van der Waals surface area contributed by atoms with Crippen LogP contribution in [-0.2, 0) is 9.47 Å². The van der Waals surface area contributed by atoms with Crippen molar-refractivity contribution in [2.24, 2.45) is 0 Å². The number of hydrogen-bond acceptors (Lipinski definition) is 8. The quantitative estimate of drug-likeness (QED) is 0.480. The number of aromatic nitrogens is 3. The van der Waals surface area contributed by atoms with Gasteiger partial charge < -0.3 is 14.8 Å². The molecule has 2 aromatic heterocycles. The molecular formula is C18H27ClN4O5P+. The predicted molar refractivity (Wildman–Crippen MR) is 110 cm³/mol. The van der Waals surface area contributed by atoms with Crippen LogP contribution in [0.4, 0.5) is 5.82 Å². The maximum absolute atomic E-state index is 9.26. The molecule has 4 N–H and O–H groups in total. The zero-order valence-corrected chi connectivity index (χ0v) is 17.9. The average molecular weight is 446 g/mol. The van der Waals surface area contributed by atoms with E-state index in [1.807, 2.05) is 12.1 Å². The van der Waals surface area contributed by atoms with E-state index in [-0.39, 0.29) is 24.1 Å². The highest BCUT2D eigenvalue weighted by Crippen LogP contribution is 2.50. The summed E-state index contributed by atoms with van der Waals surface area (Å²) in [4.78, 5) is 32.2. The average Bonchev–Trinajstić information content (AvgIpc) is 3.39. The summed E-state index contributed by atoms with van der Waals surface area (Å²) in [7, 11) is -4.00. The smallest absolute Gasteiger partial charge is 0.366 e. The van der Waals surface area contributed by atoms with Crippen molar-refractivity contribution in [2.75, 3.05) is 11.9 Å². The largest absolute Gasteiger partial charge is 0.434 e. The lowest BCUT2D eigenvalue weighted by molar-refractivity contribution is -0.0281. The topological polar surface area (TPSA) is 121 Å². The summed E-state index contributed by atoms with van der Waals surface area (Å²) in [5.74, 6) is -0.293. The maximum Gasteiger partial charge on any atom is 0.434 e. The minimum atomic E-state index is -4.00. The van der Waals surface area contributed by atoms with Crippen molar-refractivity contribution < 1.29 is 24.2 Å². The first-order valence-electron chi connectivity index (χ1n) is 9.97. The van der Waals surface area contributed by atoms with Crippen molar-refractivity contribution in [3.63, 3.8) is 0 Å². The second-order valence-corrected chi connectivity index (χ2v) is 10.1.